The molecule has 3 aromatic carbocycles. The predicted octanol–water partition coefficient (Wildman–Crippen LogP) is 8.41. The highest BCUT2D eigenvalue weighted by Crippen LogP contribution is 2.37. The fraction of sp³-hybridized carbons (Fsp3) is 0.556. The molecule has 2 aliphatic rings. The SMILES string of the molecule is CCCCNC(=O)N(C(=O)NCCC[Si](OCC)(OCC)OCC)c1ccc(C(C)(C)c2ccc(C(C)(C)c3ccc(N(CC4CO4)CC4CO4)cc3)cc2)cc1. The zero-order valence-corrected chi connectivity index (χ0v) is 36.5. The average molecular weight is 803 g/mol. The Morgan fingerprint density at radius 2 is 1.00 bits per heavy atom. The van der Waals surface area contributed by atoms with Crippen LogP contribution in [0.4, 0.5) is 21.0 Å². The number of imide groups is 1. The van der Waals surface area contributed by atoms with Gasteiger partial charge in [0.1, 0.15) is 0 Å². The van der Waals surface area contributed by atoms with Crippen LogP contribution < -0.4 is 20.4 Å². The minimum atomic E-state index is -2.85. The summed E-state index contributed by atoms with van der Waals surface area (Å²) in [6.45, 7) is 22.5. The maximum absolute atomic E-state index is 13.6. The number of carbonyl (C=O) groups is 2. The van der Waals surface area contributed by atoms with Crippen molar-refractivity contribution in [3.05, 3.63) is 95.1 Å². The highest BCUT2D eigenvalue weighted by molar-refractivity contribution is 6.60. The molecule has 2 atom stereocenters. The summed E-state index contributed by atoms with van der Waals surface area (Å²) >= 11 is 0. The molecule has 0 radical (unpaired) electrons. The van der Waals surface area contributed by atoms with Crippen LogP contribution in [-0.2, 0) is 33.6 Å². The molecule has 0 spiro atoms. The number of ether oxygens (including phenoxy) is 2. The molecule has 2 aliphatic heterocycles. The van der Waals surface area contributed by atoms with E-state index < -0.39 is 20.9 Å². The molecule has 2 N–H and O–H groups in total. The van der Waals surface area contributed by atoms with E-state index in [1.165, 1.54) is 27.3 Å². The zero-order chi connectivity index (χ0) is 41.1. The first-order valence-electron chi connectivity index (χ1n) is 20.9. The van der Waals surface area contributed by atoms with Gasteiger partial charge in [-0.2, -0.15) is 0 Å². The van der Waals surface area contributed by atoms with E-state index in [0.717, 1.165) is 44.7 Å². The van der Waals surface area contributed by atoms with Crippen LogP contribution in [-0.4, -0.2) is 92.3 Å². The third-order valence-electron chi connectivity index (χ3n) is 11.0. The van der Waals surface area contributed by atoms with E-state index in [9.17, 15) is 9.59 Å². The lowest BCUT2D eigenvalue weighted by Crippen LogP contribution is -2.50. The van der Waals surface area contributed by atoms with Crippen molar-refractivity contribution in [3.8, 4) is 0 Å². The molecule has 57 heavy (non-hydrogen) atoms. The highest BCUT2D eigenvalue weighted by atomic mass is 28.4. The first kappa shape index (κ1) is 44.3. The summed E-state index contributed by atoms with van der Waals surface area (Å²) in [5, 5.41) is 5.86. The fourth-order valence-electron chi connectivity index (χ4n) is 7.24. The van der Waals surface area contributed by atoms with E-state index in [0.29, 0.717) is 63.3 Å². The van der Waals surface area contributed by atoms with Gasteiger partial charge >= 0.3 is 20.9 Å². The van der Waals surface area contributed by atoms with Crippen LogP contribution in [0.5, 0.6) is 0 Å². The number of rotatable bonds is 23. The second-order valence-corrected chi connectivity index (χ2v) is 18.7. The van der Waals surface area contributed by atoms with E-state index >= 15 is 0 Å². The lowest BCUT2D eigenvalue weighted by Gasteiger charge is -2.30. The van der Waals surface area contributed by atoms with Gasteiger partial charge in [-0.15, -0.1) is 0 Å². The number of hydrogen-bond donors (Lipinski definition) is 2. The van der Waals surface area contributed by atoms with Crippen LogP contribution in [0.2, 0.25) is 6.04 Å². The van der Waals surface area contributed by atoms with Gasteiger partial charge in [-0.25, -0.2) is 14.5 Å². The summed E-state index contributed by atoms with van der Waals surface area (Å²) in [7, 11) is -2.85. The number of benzene rings is 3. The summed E-state index contributed by atoms with van der Waals surface area (Å²) in [6.07, 6.45) is 2.98. The van der Waals surface area contributed by atoms with Gasteiger partial charge in [0.2, 0.25) is 0 Å². The van der Waals surface area contributed by atoms with Crippen molar-refractivity contribution in [3.63, 3.8) is 0 Å². The number of amides is 4. The molecular weight excluding hydrogens is 737 g/mol. The average Bonchev–Trinajstić information content (AvgIpc) is 4.15. The maximum Gasteiger partial charge on any atom is 0.500 e. The van der Waals surface area contributed by atoms with Gasteiger partial charge in [0.15, 0.2) is 0 Å². The second kappa shape index (κ2) is 20.3. The van der Waals surface area contributed by atoms with E-state index in [2.05, 4.69) is 98.7 Å². The van der Waals surface area contributed by atoms with Crippen LogP contribution in [0.3, 0.4) is 0 Å². The Morgan fingerprint density at radius 3 is 1.37 bits per heavy atom. The highest BCUT2D eigenvalue weighted by Gasteiger charge is 2.40. The summed E-state index contributed by atoms with van der Waals surface area (Å²) < 4.78 is 29.0. The monoisotopic (exact) mass is 802 g/mol. The largest absolute Gasteiger partial charge is 0.500 e. The number of nitrogens with one attached hydrogen (secondary N) is 2. The van der Waals surface area contributed by atoms with E-state index in [-0.39, 0.29) is 10.8 Å². The molecule has 4 amide bonds. The lowest BCUT2D eigenvalue weighted by atomic mass is 9.74. The normalized spacial score (nSPS) is 16.6. The molecule has 2 heterocycles. The van der Waals surface area contributed by atoms with E-state index in [4.69, 9.17) is 22.8 Å². The minimum Gasteiger partial charge on any atom is -0.374 e. The maximum atomic E-state index is 13.6. The van der Waals surface area contributed by atoms with Gasteiger partial charge in [0.25, 0.3) is 0 Å². The lowest BCUT2D eigenvalue weighted by molar-refractivity contribution is 0.0708. The first-order chi connectivity index (χ1) is 27.4. The molecule has 0 aliphatic carbocycles. The molecule has 2 saturated heterocycles. The topological polar surface area (TPSA) is 117 Å². The standard InChI is InChI=1S/C45H66N4O7Si/c1-9-13-27-46-42(50)49(43(51)47-28-14-29-57(54-10-2,55-11-3)56-12-4)39-25-21-37(22-26-39)45(7,8)35-17-15-34(16-18-35)44(5,6)36-19-23-38(24-20-36)48(30-40-32-52-40)31-41-33-53-41/h15-26,40-41H,9-14,27-33H2,1-8H3,(H,46,50)(H,47,51). The van der Waals surface area contributed by atoms with Gasteiger partial charge in [0, 0.05) is 68.6 Å². The molecular formula is C45H66N4O7Si. The van der Waals surface area contributed by atoms with Crippen LogP contribution in [0.15, 0.2) is 72.8 Å². The van der Waals surface area contributed by atoms with Crippen LogP contribution in [0.1, 0.15) is 96.9 Å². The minimum absolute atomic E-state index is 0.199. The predicted molar refractivity (Wildman–Crippen MR) is 230 cm³/mol. The van der Waals surface area contributed by atoms with E-state index in [1.54, 1.807) is 0 Å². The zero-order valence-electron chi connectivity index (χ0n) is 35.5. The third-order valence-corrected chi connectivity index (χ3v) is 14.2. The Hall–Kier alpha value is -3.78. The Morgan fingerprint density at radius 1 is 0.632 bits per heavy atom. The van der Waals surface area contributed by atoms with Gasteiger partial charge in [-0.1, -0.05) is 89.6 Å². The number of unbranched alkanes of at least 4 members (excludes halogenated alkanes) is 1. The Balaban J connectivity index is 1.26. The van der Waals surface area contributed by atoms with Crippen molar-refractivity contribution < 1.29 is 32.3 Å². The molecule has 2 unspecified atom stereocenters. The van der Waals surface area contributed by atoms with Gasteiger partial charge in [-0.3, -0.25) is 0 Å². The molecule has 12 heteroatoms. The summed E-state index contributed by atoms with van der Waals surface area (Å²) in [5.74, 6) is 0. The van der Waals surface area contributed by atoms with E-state index in [1.807, 2.05) is 45.0 Å². The van der Waals surface area contributed by atoms with Gasteiger partial charge in [-0.05, 0) is 80.1 Å². The van der Waals surface area contributed by atoms with Gasteiger partial charge < -0.3 is 38.3 Å². The summed E-state index contributed by atoms with van der Waals surface area (Å²) in [6, 6.07) is 25.2. The van der Waals surface area contributed by atoms with Crippen LogP contribution in [0.25, 0.3) is 0 Å². The van der Waals surface area contributed by atoms with Crippen molar-refractivity contribution in [2.24, 2.45) is 0 Å². The van der Waals surface area contributed by atoms with Crippen molar-refractivity contribution in [1.29, 1.82) is 0 Å². The quantitative estimate of drug-likeness (QED) is 0.0558. The van der Waals surface area contributed by atoms with Crippen molar-refractivity contribution in [2.45, 2.75) is 104 Å². The Kier molecular flexibility index (Phi) is 15.8. The number of epoxide rings is 2. The smallest absolute Gasteiger partial charge is 0.374 e. The third kappa shape index (κ3) is 11.9. The Labute approximate surface area is 342 Å². The number of anilines is 2. The Bertz CT molecular complexity index is 1680. The van der Waals surface area contributed by atoms with Crippen LogP contribution in [0, 0.1) is 0 Å². The van der Waals surface area contributed by atoms with Crippen LogP contribution >= 0.6 is 0 Å². The molecule has 0 bridgehead atoms. The molecule has 0 aromatic heterocycles. The first-order valence-corrected chi connectivity index (χ1v) is 22.9. The molecule has 0 saturated carbocycles. The molecule has 312 valence electrons. The number of hydrogen-bond acceptors (Lipinski definition) is 8. The molecule has 11 nitrogen and oxygen atoms in total. The molecule has 5 rings (SSSR count). The molecule has 2 fully saturated rings. The van der Waals surface area contributed by atoms with Crippen molar-refractivity contribution in [2.75, 3.05) is 69.0 Å². The summed E-state index contributed by atoms with van der Waals surface area (Å²) in [5.41, 5.74) is 5.89. The summed E-state index contributed by atoms with van der Waals surface area (Å²) in [4.78, 5) is 30.6. The number of carbonyl (C=O) groups excluding carboxylic acids is 2. The molecule has 3 aromatic rings. The number of urea groups is 2. The second-order valence-electron chi connectivity index (χ2n) is 16.0. The number of nitrogens with zero attached hydrogens (tertiary/aromatic N) is 2. The fourth-order valence-corrected chi connectivity index (χ4v) is 9.85. The van der Waals surface area contributed by atoms with Crippen molar-refractivity contribution in [1.82, 2.24) is 10.6 Å². The van der Waals surface area contributed by atoms with Crippen molar-refractivity contribution >= 4 is 32.2 Å². The van der Waals surface area contributed by atoms with Gasteiger partial charge in [0.05, 0.1) is 31.1 Å².